The lowest BCUT2D eigenvalue weighted by atomic mass is 10.3. The van der Waals surface area contributed by atoms with Crippen LogP contribution in [0.3, 0.4) is 0 Å². The van der Waals surface area contributed by atoms with Crippen molar-refractivity contribution >= 4 is 31.4 Å². The number of sulfonamides is 2. The van der Waals surface area contributed by atoms with Crippen LogP contribution in [-0.2, 0) is 20.0 Å². The van der Waals surface area contributed by atoms with Gasteiger partial charge in [-0.05, 0) is 54.6 Å². The van der Waals surface area contributed by atoms with E-state index in [9.17, 15) is 21.2 Å². The van der Waals surface area contributed by atoms with Crippen molar-refractivity contribution in [2.75, 3.05) is 23.7 Å². The first kappa shape index (κ1) is 22.4. The van der Waals surface area contributed by atoms with Crippen LogP contribution in [0.1, 0.15) is 0 Å². The monoisotopic (exact) mass is 466 g/mol. The van der Waals surface area contributed by atoms with Gasteiger partial charge >= 0.3 is 0 Å². The number of ether oxygens (including phenoxy) is 2. The molecule has 2 N–H and O–H groups in total. The van der Waals surface area contributed by atoms with E-state index in [1.165, 1.54) is 32.4 Å². The van der Waals surface area contributed by atoms with E-state index >= 15 is 0 Å². The minimum absolute atomic E-state index is 0.0990. The van der Waals surface area contributed by atoms with Crippen molar-refractivity contribution in [1.82, 2.24) is 0 Å². The number of hydrogen-bond donors (Lipinski definition) is 2. The van der Waals surface area contributed by atoms with Gasteiger partial charge in [0.05, 0.1) is 35.4 Å². The Kier molecular flexibility index (Phi) is 6.37. The molecule has 0 saturated carbocycles. The lowest BCUT2D eigenvalue weighted by Crippen LogP contribution is -2.16. The molecule has 0 aliphatic heterocycles. The molecule has 0 unspecified atom stereocenters. The topological polar surface area (TPSA) is 111 Å². The average molecular weight is 467 g/mol. The zero-order chi connectivity index (χ0) is 22.6. The summed E-state index contributed by atoms with van der Waals surface area (Å²) in [5.74, 6) is -0.175. The van der Waals surface area contributed by atoms with Crippen molar-refractivity contribution in [1.29, 1.82) is 0 Å². The summed E-state index contributed by atoms with van der Waals surface area (Å²) in [4.78, 5) is -0.410. The first-order valence-electron chi connectivity index (χ1n) is 8.78. The fourth-order valence-corrected chi connectivity index (χ4v) is 4.84. The number of halogens is 1. The highest BCUT2D eigenvalue weighted by Crippen LogP contribution is 2.32. The molecule has 0 bridgehead atoms. The van der Waals surface area contributed by atoms with Gasteiger partial charge < -0.3 is 9.47 Å². The van der Waals surface area contributed by atoms with Crippen LogP contribution in [0, 0.1) is 5.82 Å². The number of para-hydroxylation sites is 2. The molecule has 164 valence electrons. The van der Waals surface area contributed by atoms with E-state index in [4.69, 9.17) is 9.47 Å². The maximum Gasteiger partial charge on any atom is 0.262 e. The molecule has 0 radical (unpaired) electrons. The largest absolute Gasteiger partial charge is 0.495 e. The number of anilines is 2. The second kappa shape index (κ2) is 8.82. The van der Waals surface area contributed by atoms with E-state index < -0.39 is 25.9 Å². The standard InChI is InChI=1S/C20H19FN2O6S2/c1-28-19-6-4-3-5-17(19)22-31(26,27)16-11-12-20(29-2)18(13-16)23-30(24,25)15-9-7-14(21)8-10-15/h3-13,22-23H,1-2H3. The van der Waals surface area contributed by atoms with E-state index in [-0.39, 0.29) is 26.9 Å². The van der Waals surface area contributed by atoms with Crippen LogP contribution in [0.2, 0.25) is 0 Å². The number of hydrogen-bond acceptors (Lipinski definition) is 6. The van der Waals surface area contributed by atoms with E-state index in [0.29, 0.717) is 5.75 Å². The number of rotatable bonds is 8. The maximum atomic E-state index is 13.1. The van der Waals surface area contributed by atoms with Gasteiger partial charge in [0.2, 0.25) is 0 Å². The molecule has 0 saturated heterocycles. The van der Waals surface area contributed by atoms with E-state index in [0.717, 1.165) is 30.3 Å². The Hall–Kier alpha value is -3.31. The highest BCUT2D eigenvalue weighted by Gasteiger charge is 2.21. The molecule has 0 aromatic heterocycles. The molecule has 0 atom stereocenters. The Balaban J connectivity index is 1.97. The van der Waals surface area contributed by atoms with Gasteiger partial charge in [-0.25, -0.2) is 21.2 Å². The third-order valence-electron chi connectivity index (χ3n) is 4.20. The van der Waals surface area contributed by atoms with Crippen molar-refractivity contribution in [2.45, 2.75) is 9.79 Å². The van der Waals surface area contributed by atoms with Gasteiger partial charge in [0.1, 0.15) is 17.3 Å². The summed E-state index contributed by atoms with van der Waals surface area (Å²) in [7, 11) is -5.50. The first-order valence-corrected chi connectivity index (χ1v) is 11.7. The second-order valence-electron chi connectivity index (χ2n) is 6.23. The molecular weight excluding hydrogens is 447 g/mol. The summed E-state index contributed by atoms with van der Waals surface area (Å²) in [5, 5.41) is 0. The van der Waals surface area contributed by atoms with Crippen LogP contribution in [0.4, 0.5) is 15.8 Å². The van der Waals surface area contributed by atoms with Gasteiger partial charge in [-0.3, -0.25) is 9.44 Å². The smallest absolute Gasteiger partial charge is 0.262 e. The second-order valence-corrected chi connectivity index (χ2v) is 9.59. The Morgan fingerprint density at radius 2 is 1.19 bits per heavy atom. The molecule has 3 aromatic rings. The zero-order valence-corrected chi connectivity index (χ0v) is 18.1. The molecule has 3 rings (SSSR count). The zero-order valence-electron chi connectivity index (χ0n) is 16.5. The molecule has 0 fully saturated rings. The van der Waals surface area contributed by atoms with Crippen LogP contribution in [0.25, 0.3) is 0 Å². The summed E-state index contributed by atoms with van der Waals surface area (Å²) >= 11 is 0. The summed E-state index contributed by atoms with van der Waals surface area (Å²) in [5.41, 5.74) is 0.115. The van der Waals surface area contributed by atoms with Crippen LogP contribution < -0.4 is 18.9 Å². The number of nitrogens with one attached hydrogen (secondary N) is 2. The van der Waals surface area contributed by atoms with Gasteiger partial charge in [0, 0.05) is 0 Å². The van der Waals surface area contributed by atoms with Crippen LogP contribution in [-0.4, -0.2) is 31.1 Å². The molecule has 8 nitrogen and oxygen atoms in total. The van der Waals surface area contributed by atoms with Crippen molar-refractivity contribution in [2.24, 2.45) is 0 Å². The SMILES string of the molecule is COc1ccccc1NS(=O)(=O)c1ccc(OC)c(NS(=O)(=O)c2ccc(F)cc2)c1. The Morgan fingerprint density at radius 1 is 0.677 bits per heavy atom. The first-order chi connectivity index (χ1) is 14.7. The molecule has 0 amide bonds. The lowest BCUT2D eigenvalue weighted by Gasteiger charge is -2.15. The van der Waals surface area contributed by atoms with Crippen molar-refractivity contribution in [3.63, 3.8) is 0 Å². The number of benzene rings is 3. The van der Waals surface area contributed by atoms with E-state index in [2.05, 4.69) is 9.44 Å². The normalized spacial score (nSPS) is 11.6. The molecule has 11 heteroatoms. The third kappa shape index (κ3) is 5.06. The minimum atomic E-state index is -4.13. The molecular formula is C20H19FN2O6S2. The third-order valence-corrected chi connectivity index (χ3v) is 6.95. The summed E-state index contributed by atoms with van der Waals surface area (Å²) in [6, 6.07) is 14.3. The fraction of sp³-hybridized carbons (Fsp3) is 0.100. The molecule has 0 aliphatic rings. The number of methoxy groups -OCH3 is 2. The van der Waals surface area contributed by atoms with Crippen molar-refractivity contribution in [3.8, 4) is 11.5 Å². The molecule has 0 spiro atoms. The van der Waals surface area contributed by atoms with E-state index in [1.54, 1.807) is 18.2 Å². The van der Waals surface area contributed by atoms with Crippen LogP contribution in [0.5, 0.6) is 11.5 Å². The van der Waals surface area contributed by atoms with Crippen LogP contribution >= 0.6 is 0 Å². The predicted molar refractivity (Wildman–Crippen MR) is 114 cm³/mol. The van der Waals surface area contributed by atoms with Crippen LogP contribution in [0.15, 0.2) is 76.5 Å². The van der Waals surface area contributed by atoms with Gasteiger partial charge in [-0.2, -0.15) is 0 Å². The van der Waals surface area contributed by atoms with Gasteiger partial charge in [-0.15, -0.1) is 0 Å². The Morgan fingerprint density at radius 3 is 1.84 bits per heavy atom. The van der Waals surface area contributed by atoms with Gasteiger partial charge in [-0.1, -0.05) is 12.1 Å². The quantitative estimate of drug-likeness (QED) is 0.526. The molecule has 31 heavy (non-hydrogen) atoms. The highest BCUT2D eigenvalue weighted by atomic mass is 32.2. The summed E-state index contributed by atoms with van der Waals surface area (Å²) < 4.78 is 79.1. The van der Waals surface area contributed by atoms with Gasteiger partial charge in [0.15, 0.2) is 0 Å². The Bertz CT molecular complexity index is 1290. The lowest BCUT2D eigenvalue weighted by molar-refractivity contribution is 0.416. The minimum Gasteiger partial charge on any atom is -0.495 e. The van der Waals surface area contributed by atoms with E-state index in [1.807, 2.05) is 0 Å². The predicted octanol–water partition coefficient (Wildman–Crippen LogP) is 3.44. The fourth-order valence-electron chi connectivity index (χ4n) is 2.68. The summed E-state index contributed by atoms with van der Waals surface area (Å²) in [6.07, 6.45) is 0. The Labute approximate surface area is 179 Å². The molecule has 0 aliphatic carbocycles. The average Bonchev–Trinajstić information content (AvgIpc) is 2.74. The highest BCUT2D eigenvalue weighted by molar-refractivity contribution is 7.93. The molecule has 0 heterocycles. The van der Waals surface area contributed by atoms with Crippen molar-refractivity contribution < 1.29 is 30.7 Å². The van der Waals surface area contributed by atoms with Crippen molar-refractivity contribution in [3.05, 3.63) is 72.5 Å². The molecule has 3 aromatic carbocycles. The van der Waals surface area contributed by atoms with Gasteiger partial charge in [0.25, 0.3) is 20.0 Å². The maximum absolute atomic E-state index is 13.1. The summed E-state index contributed by atoms with van der Waals surface area (Å²) in [6.45, 7) is 0.